The van der Waals surface area contributed by atoms with E-state index in [2.05, 4.69) is 15.6 Å². The number of rotatable bonds is 6. The van der Waals surface area contributed by atoms with Crippen LogP contribution in [-0.2, 0) is 22.6 Å². The minimum absolute atomic E-state index is 0.0595. The van der Waals surface area contributed by atoms with Gasteiger partial charge >= 0.3 is 0 Å². The summed E-state index contributed by atoms with van der Waals surface area (Å²) in [5.74, 6) is -0.217. The van der Waals surface area contributed by atoms with E-state index in [1.54, 1.807) is 6.07 Å². The molecule has 1 heterocycles. The van der Waals surface area contributed by atoms with Crippen molar-refractivity contribution in [2.45, 2.75) is 19.9 Å². The number of nitrogens with one attached hydrogen (secondary N) is 2. The Morgan fingerprint density at radius 1 is 1.11 bits per heavy atom. The second kappa shape index (κ2) is 8.79. The van der Waals surface area contributed by atoms with Gasteiger partial charge in [-0.05, 0) is 17.2 Å². The second-order valence-corrected chi connectivity index (χ2v) is 7.23. The minimum Gasteiger partial charge on any atom is -0.352 e. The van der Waals surface area contributed by atoms with Crippen molar-refractivity contribution in [2.75, 3.05) is 5.32 Å². The number of thiazole rings is 1. The average Bonchev–Trinajstić information content (AvgIpc) is 3.10. The Hall–Kier alpha value is -2.70. The van der Waals surface area contributed by atoms with Crippen LogP contribution in [0.25, 0.3) is 11.3 Å². The second-order valence-electron chi connectivity index (χ2n) is 5.96. The highest BCUT2D eigenvalue weighted by molar-refractivity contribution is 7.14. The van der Waals surface area contributed by atoms with Crippen molar-refractivity contribution in [2.24, 2.45) is 0 Å². The number of carbonyl (C=O) groups excluding carboxylic acids is 2. The van der Waals surface area contributed by atoms with Gasteiger partial charge < -0.3 is 10.6 Å². The highest BCUT2D eigenvalue weighted by Crippen LogP contribution is 2.25. The summed E-state index contributed by atoms with van der Waals surface area (Å²) < 4.78 is 0. The summed E-state index contributed by atoms with van der Waals surface area (Å²) in [6.45, 7) is 1.99. The van der Waals surface area contributed by atoms with Gasteiger partial charge in [-0.15, -0.1) is 11.3 Å². The van der Waals surface area contributed by atoms with Gasteiger partial charge in [0.2, 0.25) is 11.8 Å². The molecule has 0 spiro atoms. The Bertz CT molecular complexity index is 954. The molecule has 0 radical (unpaired) electrons. The summed E-state index contributed by atoms with van der Waals surface area (Å²) in [6, 6.07) is 15.1. The van der Waals surface area contributed by atoms with Crippen molar-refractivity contribution in [1.29, 1.82) is 0 Å². The van der Waals surface area contributed by atoms with Crippen LogP contribution in [0.5, 0.6) is 0 Å². The molecule has 3 rings (SSSR count). The van der Waals surface area contributed by atoms with Gasteiger partial charge in [0.1, 0.15) is 0 Å². The van der Waals surface area contributed by atoms with E-state index < -0.39 is 0 Å². The molecule has 2 N–H and O–H groups in total. The van der Waals surface area contributed by atoms with Crippen molar-refractivity contribution >= 4 is 39.9 Å². The molecule has 0 aliphatic heterocycles. The first-order valence-electron chi connectivity index (χ1n) is 8.34. The van der Waals surface area contributed by atoms with Gasteiger partial charge in [0.15, 0.2) is 5.13 Å². The molecule has 2 amide bonds. The molecule has 5 nitrogen and oxygen atoms in total. The molecule has 0 saturated heterocycles. The third-order valence-corrected chi connectivity index (χ3v) is 4.98. The fourth-order valence-electron chi connectivity index (χ4n) is 2.46. The Labute approximate surface area is 166 Å². The van der Waals surface area contributed by atoms with E-state index in [0.717, 1.165) is 22.4 Å². The maximum atomic E-state index is 12.2. The van der Waals surface area contributed by atoms with E-state index in [1.165, 1.54) is 18.3 Å². The lowest BCUT2D eigenvalue weighted by atomic mass is 10.1. The van der Waals surface area contributed by atoms with Gasteiger partial charge in [-0.2, -0.15) is 0 Å². The van der Waals surface area contributed by atoms with Gasteiger partial charge in [-0.25, -0.2) is 4.98 Å². The third-order valence-electron chi connectivity index (χ3n) is 3.85. The first kappa shape index (κ1) is 19.1. The summed E-state index contributed by atoms with van der Waals surface area (Å²) >= 11 is 7.46. The van der Waals surface area contributed by atoms with E-state index in [-0.39, 0.29) is 18.2 Å². The SMILES string of the molecule is CC(=O)NCc1ccc(-c2csc(NC(=O)Cc3ccccc3Cl)n2)cc1. The summed E-state index contributed by atoms with van der Waals surface area (Å²) in [5.41, 5.74) is 3.53. The highest BCUT2D eigenvalue weighted by atomic mass is 35.5. The molecule has 0 aliphatic carbocycles. The normalized spacial score (nSPS) is 10.4. The molecule has 3 aromatic rings. The number of halogens is 1. The number of amides is 2. The smallest absolute Gasteiger partial charge is 0.230 e. The Morgan fingerprint density at radius 2 is 1.85 bits per heavy atom. The van der Waals surface area contributed by atoms with Crippen LogP contribution in [0.2, 0.25) is 5.02 Å². The zero-order chi connectivity index (χ0) is 19.2. The maximum absolute atomic E-state index is 12.2. The number of anilines is 1. The largest absolute Gasteiger partial charge is 0.352 e. The van der Waals surface area contributed by atoms with Gasteiger partial charge in [0.25, 0.3) is 0 Å². The van der Waals surface area contributed by atoms with E-state index in [4.69, 9.17) is 11.6 Å². The zero-order valence-corrected chi connectivity index (χ0v) is 16.2. The van der Waals surface area contributed by atoms with E-state index in [1.807, 2.05) is 47.8 Å². The van der Waals surface area contributed by atoms with Gasteiger partial charge in [0.05, 0.1) is 12.1 Å². The fourth-order valence-corrected chi connectivity index (χ4v) is 3.40. The van der Waals surface area contributed by atoms with Crippen LogP contribution in [0.15, 0.2) is 53.9 Å². The Kier molecular flexibility index (Phi) is 6.21. The van der Waals surface area contributed by atoms with E-state index in [9.17, 15) is 9.59 Å². The lowest BCUT2D eigenvalue weighted by molar-refractivity contribution is -0.119. The molecule has 0 bridgehead atoms. The number of hydrogen-bond donors (Lipinski definition) is 2. The van der Waals surface area contributed by atoms with Gasteiger partial charge in [0, 0.05) is 29.4 Å². The topological polar surface area (TPSA) is 71.1 Å². The quantitative estimate of drug-likeness (QED) is 0.649. The first-order valence-corrected chi connectivity index (χ1v) is 9.59. The van der Waals surface area contributed by atoms with Crippen molar-refractivity contribution in [3.63, 3.8) is 0 Å². The van der Waals surface area contributed by atoms with Gasteiger partial charge in [-0.1, -0.05) is 54.1 Å². The number of hydrogen-bond acceptors (Lipinski definition) is 4. The first-order chi connectivity index (χ1) is 13.0. The van der Waals surface area contributed by atoms with Crippen molar-refractivity contribution < 1.29 is 9.59 Å². The predicted molar refractivity (Wildman–Crippen MR) is 109 cm³/mol. The molecule has 0 saturated carbocycles. The summed E-state index contributed by atoms with van der Waals surface area (Å²) in [4.78, 5) is 27.7. The number of benzene rings is 2. The highest BCUT2D eigenvalue weighted by Gasteiger charge is 2.10. The molecule has 0 unspecified atom stereocenters. The molecule has 1 aromatic heterocycles. The fraction of sp³-hybridized carbons (Fsp3) is 0.150. The summed E-state index contributed by atoms with van der Waals surface area (Å²) in [7, 11) is 0. The standard InChI is InChI=1S/C20H18ClN3O2S/c1-13(25)22-11-14-6-8-15(9-7-14)18-12-27-20(23-18)24-19(26)10-16-4-2-3-5-17(16)21/h2-9,12H,10-11H2,1H3,(H,22,25)(H,23,24,26). The van der Waals surface area contributed by atoms with Crippen LogP contribution in [0.4, 0.5) is 5.13 Å². The van der Waals surface area contributed by atoms with Crippen LogP contribution in [0, 0.1) is 0 Å². The van der Waals surface area contributed by atoms with Crippen LogP contribution in [0.1, 0.15) is 18.1 Å². The molecular weight excluding hydrogens is 382 g/mol. The summed E-state index contributed by atoms with van der Waals surface area (Å²) in [6.07, 6.45) is 0.201. The van der Waals surface area contributed by atoms with Crippen LogP contribution >= 0.6 is 22.9 Å². The zero-order valence-electron chi connectivity index (χ0n) is 14.7. The van der Waals surface area contributed by atoms with Crippen LogP contribution < -0.4 is 10.6 Å². The lowest BCUT2D eigenvalue weighted by Gasteiger charge is -2.04. The number of aromatic nitrogens is 1. The molecule has 27 heavy (non-hydrogen) atoms. The average molecular weight is 400 g/mol. The third kappa shape index (κ3) is 5.39. The molecule has 138 valence electrons. The monoisotopic (exact) mass is 399 g/mol. The number of carbonyl (C=O) groups is 2. The summed E-state index contributed by atoms with van der Waals surface area (Å²) in [5, 5.41) is 8.59. The molecule has 2 aromatic carbocycles. The van der Waals surface area contributed by atoms with Crippen molar-refractivity contribution in [3.05, 3.63) is 70.1 Å². The van der Waals surface area contributed by atoms with Gasteiger partial charge in [-0.3, -0.25) is 9.59 Å². The molecular formula is C20H18ClN3O2S. The predicted octanol–water partition coefficient (Wildman–Crippen LogP) is 4.28. The Morgan fingerprint density at radius 3 is 2.56 bits per heavy atom. The van der Waals surface area contributed by atoms with E-state index >= 15 is 0 Å². The molecule has 0 aliphatic rings. The van der Waals surface area contributed by atoms with Crippen LogP contribution in [0.3, 0.4) is 0 Å². The Balaban J connectivity index is 1.62. The van der Waals surface area contributed by atoms with Crippen LogP contribution in [-0.4, -0.2) is 16.8 Å². The molecule has 0 fully saturated rings. The maximum Gasteiger partial charge on any atom is 0.230 e. The number of nitrogens with zero attached hydrogens (tertiary/aromatic N) is 1. The van der Waals surface area contributed by atoms with Crippen molar-refractivity contribution in [1.82, 2.24) is 10.3 Å². The minimum atomic E-state index is -0.158. The van der Waals surface area contributed by atoms with E-state index in [0.29, 0.717) is 16.7 Å². The van der Waals surface area contributed by atoms with Crippen molar-refractivity contribution in [3.8, 4) is 11.3 Å². The lowest BCUT2D eigenvalue weighted by Crippen LogP contribution is -2.18. The molecule has 7 heteroatoms. The molecule has 0 atom stereocenters.